The van der Waals surface area contributed by atoms with Gasteiger partial charge in [0.2, 0.25) is 0 Å². The molecule has 2 saturated carbocycles. The molecule has 160 valence electrons. The second kappa shape index (κ2) is 6.79. The van der Waals surface area contributed by atoms with E-state index in [2.05, 4.69) is 50.9 Å². The van der Waals surface area contributed by atoms with Crippen molar-refractivity contribution >= 4 is 43.8 Å². The summed E-state index contributed by atoms with van der Waals surface area (Å²) in [6.45, 7) is 2.10. The number of fused-ring (bicyclic) bond motifs is 3. The van der Waals surface area contributed by atoms with Crippen LogP contribution in [0.15, 0.2) is 69.6 Å². The molecule has 0 amide bonds. The van der Waals surface area contributed by atoms with Gasteiger partial charge in [-0.05, 0) is 47.2 Å². The number of hydrogen-bond donors (Lipinski definition) is 0. The monoisotopic (exact) mass is 544 g/mol. The third kappa shape index (κ3) is 2.41. The van der Waals surface area contributed by atoms with E-state index in [1.165, 1.54) is 14.2 Å². The molecule has 0 N–H and O–H groups in total. The second-order valence-electron chi connectivity index (χ2n) is 8.85. The molecule has 0 spiro atoms. The van der Waals surface area contributed by atoms with Gasteiger partial charge < -0.3 is 9.47 Å². The molecule has 6 heteroatoms. The largest absolute Gasteiger partial charge is 0.468 e. The summed E-state index contributed by atoms with van der Waals surface area (Å²) in [7, 11) is 2.87. The summed E-state index contributed by atoms with van der Waals surface area (Å²) in [6, 6.07) is 15.7. The quantitative estimate of drug-likeness (QED) is 0.392. The molecule has 0 unspecified atom stereocenters. The predicted octanol–water partition coefficient (Wildman–Crippen LogP) is 5.19. The lowest BCUT2D eigenvalue weighted by atomic mass is 9.85. The van der Waals surface area contributed by atoms with Crippen LogP contribution in [-0.2, 0) is 29.9 Å². The summed E-state index contributed by atoms with van der Waals surface area (Å²) in [5, 5.41) is 0. The molecule has 2 fully saturated rings. The molecule has 2 aromatic rings. The Bertz CT molecular complexity index is 1110. The van der Waals surface area contributed by atoms with E-state index in [9.17, 15) is 9.59 Å². The van der Waals surface area contributed by atoms with Gasteiger partial charge >= 0.3 is 11.9 Å². The van der Waals surface area contributed by atoms with E-state index < -0.39 is 16.2 Å². The van der Waals surface area contributed by atoms with Crippen LogP contribution in [0.25, 0.3) is 0 Å². The summed E-state index contributed by atoms with van der Waals surface area (Å²) in [5.74, 6) is -0.624. The van der Waals surface area contributed by atoms with Crippen molar-refractivity contribution in [1.82, 2.24) is 0 Å². The fraction of sp³-hybridized carbons (Fsp3) is 0.360. The van der Waals surface area contributed by atoms with Crippen molar-refractivity contribution in [2.45, 2.75) is 17.8 Å². The molecule has 0 saturated heterocycles. The van der Waals surface area contributed by atoms with Crippen LogP contribution in [0.1, 0.15) is 18.1 Å². The first kappa shape index (κ1) is 21.0. The molecule has 4 nitrogen and oxygen atoms in total. The number of esters is 2. The van der Waals surface area contributed by atoms with Crippen LogP contribution < -0.4 is 0 Å². The van der Waals surface area contributed by atoms with Crippen LogP contribution >= 0.6 is 31.9 Å². The Hall–Kier alpha value is -1.92. The maximum absolute atomic E-state index is 13.4. The van der Waals surface area contributed by atoms with E-state index in [0.717, 1.165) is 20.1 Å². The van der Waals surface area contributed by atoms with Gasteiger partial charge in [-0.1, -0.05) is 75.2 Å². The van der Waals surface area contributed by atoms with Gasteiger partial charge in [-0.15, -0.1) is 0 Å². The number of allylic oxidation sites excluding steroid dienone is 2. The minimum atomic E-state index is -0.830. The van der Waals surface area contributed by atoms with Gasteiger partial charge in [0.15, 0.2) is 0 Å². The van der Waals surface area contributed by atoms with Crippen molar-refractivity contribution < 1.29 is 19.1 Å². The zero-order valence-corrected chi connectivity index (χ0v) is 20.6. The first-order chi connectivity index (χ1) is 14.8. The number of carbonyl (C=O) groups is 2. The molecule has 6 atom stereocenters. The van der Waals surface area contributed by atoms with Gasteiger partial charge in [-0.25, -0.2) is 0 Å². The third-order valence-electron chi connectivity index (χ3n) is 7.87. The van der Waals surface area contributed by atoms with Crippen LogP contribution in [0.3, 0.4) is 0 Å². The molecule has 5 rings (SSSR count). The second-order valence-corrected chi connectivity index (χ2v) is 10.7. The zero-order valence-electron chi connectivity index (χ0n) is 17.4. The van der Waals surface area contributed by atoms with Gasteiger partial charge in [-0.2, -0.15) is 0 Å². The Morgan fingerprint density at radius 3 is 1.87 bits per heavy atom. The Kier molecular flexibility index (Phi) is 4.59. The van der Waals surface area contributed by atoms with Crippen LogP contribution in [0.4, 0.5) is 0 Å². The average molecular weight is 546 g/mol. The van der Waals surface area contributed by atoms with Crippen molar-refractivity contribution in [2.75, 3.05) is 14.2 Å². The topological polar surface area (TPSA) is 52.6 Å². The van der Waals surface area contributed by atoms with Crippen LogP contribution in [0.2, 0.25) is 0 Å². The molecular weight excluding hydrogens is 524 g/mol. The Labute approximate surface area is 198 Å². The number of ether oxygens (including phenoxy) is 2. The van der Waals surface area contributed by atoms with Crippen LogP contribution in [-0.4, -0.2) is 26.2 Å². The van der Waals surface area contributed by atoms with Gasteiger partial charge in [-0.3, -0.25) is 9.59 Å². The van der Waals surface area contributed by atoms with E-state index in [1.54, 1.807) is 0 Å². The molecule has 31 heavy (non-hydrogen) atoms. The van der Waals surface area contributed by atoms with Crippen molar-refractivity contribution in [2.24, 2.45) is 23.2 Å². The minimum absolute atomic E-state index is 0.0128. The lowest BCUT2D eigenvalue weighted by Gasteiger charge is -2.20. The maximum Gasteiger partial charge on any atom is 0.317 e. The molecule has 2 aromatic carbocycles. The summed E-state index contributed by atoms with van der Waals surface area (Å²) in [4.78, 5) is 26.6. The standard InChI is InChI=1S/C25H22Br2O4/c1-23-13-12-18-19(24(18,21(28)30-2)14-4-8-16(26)9-5-14)20(23)25(23,22(29)31-3)15-6-10-17(27)11-7-15/h4-13,18-20H,1-3H3/t18-,19-,20+,23-,24+,25+/m0/s1. The highest BCUT2D eigenvalue weighted by Gasteiger charge is 2.90. The smallest absolute Gasteiger partial charge is 0.317 e. The maximum atomic E-state index is 13.4. The van der Waals surface area contributed by atoms with Gasteiger partial charge in [0.05, 0.1) is 14.2 Å². The molecule has 0 radical (unpaired) electrons. The van der Waals surface area contributed by atoms with Gasteiger partial charge in [0.25, 0.3) is 0 Å². The fourth-order valence-corrected chi connectivity index (χ4v) is 7.07. The number of benzene rings is 2. The Morgan fingerprint density at radius 2 is 1.35 bits per heavy atom. The number of hydrogen-bond acceptors (Lipinski definition) is 4. The minimum Gasteiger partial charge on any atom is -0.468 e. The fourth-order valence-electron chi connectivity index (χ4n) is 6.54. The van der Waals surface area contributed by atoms with E-state index in [0.29, 0.717) is 0 Å². The van der Waals surface area contributed by atoms with Gasteiger partial charge in [0, 0.05) is 20.3 Å². The molecule has 0 bridgehead atoms. The highest BCUT2D eigenvalue weighted by atomic mass is 79.9. The molecule has 0 aliphatic heterocycles. The molecule has 0 aromatic heterocycles. The van der Waals surface area contributed by atoms with Gasteiger partial charge in [0.1, 0.15) is 10.8 Å². The first-order valence-electron chi connectivity index (χ1n) is 10.2. The molecule has 0 heterocycles. The lowest BCUT2D eigenvalue weighted by molar-refractivity contribution is -0.146. The Morgan fingerprint density at radius 1 is 0.839 bits per heavy atom. The van der Waals surface area contributed by atoms with E-state index >= 15 is 0 Å². The number of halogens is 2. The summed E-state index contributed by atoms with van der Waals surface area (Å²) < 4.78 is 12.6. The molecular formula is C25H22Br2O4. The van der Waals surface area contributed by atoms with Crippen molar-refractivity contribution in [1.29, 1.82) is 0 Å². The number of carbonyl (C=O) groups excluding carboxylic acids is 2. The van der Waals surface area contributed by atoms with Crippen LogP contribution in [0, 0.1) is 23.2 Å². The summed E-state index contributed by atoms with van der Waals surface area (Å²) in [5.41, 5.74) is -0.210. The number of rotatable bonds is 4. The zero-order chi connectivity index (χ0) is 22.2. The predicted molar refractivity (Wildman–Crippen MR) is 123 cm³/mol. The van der Waals surface area contributed by atoms with E-state index in [-0.39, 0.29) is 29.7 Å². The normalized spacial score (nSPS) is 36.7. The highest BCUT2D eigenvalue weighted by molar-refractivity contribution is 9.10. The molecule has 3 aliphatic rings. The Balaban J connectivity index is 1.68. The van der Waals surface area contributed by atoms with Crippen LogP contribution in [0.5, 0.6) is 0 Å². The average Bonchev–Trinajstić information content (AvgIpc) is 3.61. The highest BCUT2D eigenvalue weighted by Crippen LogP contribution is 2.84. The summed E-state index contributed by atoms with van der Waals surface area (Å²) in [6.07, 6.45) is 4.24. The first-order valence-corrected chi connectivity index (χ1v) is 11.8. The van der Waals surface area contributed by atoms with E-state index in [4.69, 9.17) is 9.47 Å². The third-order valence-corrected chi connectivity index (χ3v) is 8.93. The lowest BCUT2D eigenvalue weighted by Crippen LogP contribution is -2.31. The number of methoxy groups -OCH3 is 2. The molecule has 3 aliphatic carbocycles. The SMILES string of the molecule is COC(=O)[C@@]1(c2ccc(Br)cc2)[C@@H]2[C@@H]3[C@](C)(C=C[C@@H]21)[C@]3(C(=O)OC)c1ccc(Br)cc1. The van der Waals surface area contributed by atoms with E-state index in [1.807, 2.05) is 48.5 Å². The van der Waals surface area contributed by atoms with Crippen molar-refractivity contribution in [3.63, 3.8) is 0 Å². The van der Waals surface area contributed by atoms with Crippen molar-refractivity contribution in [3.05, 3.63) is 80.8 Å². The van der Waals surface area contributed by atoms with Crippen molar-refractivity contribution in [3.8, 4) is 0 Å². The summed E-state index contributed by atoms with van der Waals surface area (Å²) >= 11 is 6.96.